The van der Waals surface area contributed by atoms with E-state index in [-0.39, 0.29) is 11.2 Å². The van der Waals surface area contributed by atoms with E-state index in [1.54, 1.807) is 29.4 Å². The van der Waals surface area contributed by atoms with Crippen LogP contribution in [0.1, 0.15) is 25.3 Å². The number of carbonyl (C=O) groups excluding carboxylic acids is 1. The molecule has 1 saturated heterocycles. The molecule has 4 rings (SSSR count). The van der Waals surface area contributed by atoms with Crippen molar-refractivity contribution in [2.45, 2.75) is 37.0 Å². The first-order chi connectivity index (χ1) is 12.6. The number of thiophene rings is 1. The van der Waals surface area contributed by atoms with Crippen LogP contribution in [-0.4, -0.2) is 39.1 Å². The summed E-state index contributed by atoms with van der Waals surface area (Å²) in [6.45, 7) is 5.84. The fraction of sp³-hybridized carbons (Fsp3) is 0.350. The molecule has 6 heteroatoms. The lowest BCUT2D eigenvalue weighted by molar-refractivity contribution is -0.129. The lowest BCUT2D eigenvalue weighted by Crippen LogP contribution is -2.34. The number of fused-ring (bicyclic) bond motifs is 1. The zero-order valence-corrected chi connectivity index (χ0v) is 16.6. The molecule has 0 aliphatic carbocycles. The summed E-state index contributed by atoms with van der Waals surface area (Å²) in [5.41, 5.74) is 3.55. The van der Waals surface area contributed by atoms with Crippen LogP contribution in [-0.2, 0) is 4.79 Å². The molecule has 0 spiro atoms. The van der Waals surface area contributed by atoms with Crippen LogP contribution in [0.4, 0.5) is 0 Å². The number of nitrogens with zero attached hydrogens (tertiary/aromatic N) is 3. The monoisotopic (exact) mass is 383 g/mol. The minimum absolute atomic E-state index is 0.142. The van der Waals surface area contributed by atoms with Gasteiger partial charge in [0.05, 0.1) is 10.6 Å². The van der Waals surface area contributed by atoms with Crippen molar-refractivity contribution in [1.29, 1.82) is 0 Å². The molecule has 0 radical (unpaired) electrons. The predicted octanol–water partition coefficient (Wildman–Crippen LogP) is 4.77. The molecule has 1 fully saturated rings. The molecule has 3 heterocycles. The van der Waals surface area contributed by atoms with Crippen molar-refractivity contribution >= 4 is 39.2 Å². The van der Waals surface area contributed by atoms with Crippen molar-refractivity contribution in [1.82, 2.24) is 14.9 Å². The molecule has 0 saturated carbocycles. The summed E-state index contributed by atoms with van der Waals surface area (Å²) in [7, 11) is 0. The first-order valence-electron chi connectivity index (χ1n) is 8.88. The lowest BCUT2D eigenvalue weighted by atomic mass is 10.1. The second kappa shape index (κ2) is 7.37. The van der Waals surface area contributed by atoms with E-state index in [0.717, 1.165) is 52.3 Å². The van der Waals surface area contributed by atoms with E-state index in [1.165, 1.54) is 5.56 Å². The number of benzene rings is 1. The number of thioether (sulfide) groups is 1. The van der Waals surface area contributed by atoms with Crippen molar-refractivity contribution in [3.63, 3.8) is 0 Å². The molecule has 1 aromatic carbocycles. The highest BCUT2D eigenvalue weighted by molar-refractivity contribution is 8.00. The summed E-state index contributed by atoms with van der Waals surface area (Å²) in [6, 6.07) is 8.51. The summed E-state index contributed by atoms with van der Waals surface area (Å²) in [5.74, 6) is 0.214. The highest BCUT2D eigenvalue weighted by atomic mass is 32.2. The minimum Gasteiger partial charge on any atom is -0.342 e. The van der Waals surface area contributed by atoms with Gasteiger partial charge >= 0.3 is 0 Å². The van der Waals surface area contributed by atoms with Gasteiger partial charge in [0.25, 0.3) is 0 Å². The van der Waals surface area contributed by atoms with Gasteiger partial charge in [0.15, 0.2) is 0 Å². The zero-order chi connectivity index (χ0) is 18.1. The van der Waals surface area contributed by atoms with Gasteiger partial charge in [-0.05, 0) is 32.3 Å². The highest BCUT2D eigenvalue weighted by Crippen LogP contribution is 2.39. The second-order valence-electron chi connectivity index (χ2n) is 6.67. The van der Waals surface area contributed by atoms with Crippen LogP contribution < -0.4 is 0 Å². The standard InChI is InChI=1S/C20H21N3OS2/c1-13-5-7-15(8-6-13)16-11-25-18-17(16)19(22-12-21-18)26-14(2)20(24)23-9-3-4-10-23/h5-8,11-12,14H,3-4,9-10H2,1-2H3/t14-/m0/s1. The fourth-order valence-electron chi connectivity index (χ4n) is 3.30. The Bertz CT molecular complexity index is 930. The molecule has 134 valence electrons. The van der Waals surface area contributed by atoms with Crippen LogP contribution in [0.2, 0.25) is 0 Å². The molecule has 0 unspecified atom stereocenters. The van der Waals surface area contributed by atoms with Crippen molar-refractivity contribution in [2.24, 2.45) is 0 Å². The molecule has 4 nitrogen and oxygen atoms in total. The quantitative estimate of drug-likeness (QED) is 0.481. The normalized spacial score (nSPS) is 15.5. The van der Waals surface area contributed by atoms with E-state index in [4.69, 9.17) is 0 Å². The van der Waals surface area contributed by atoms with Crippen LogP contribution in [0.25, 0.3) is 21.3 Å². The molecule has 1 aliphatic rings. The largest absolute Gasteiger partial charge is 0.342 e. The Balaban J connectivity index is 1.67. The van der Waals surface area contributed by atoms with E-state index in [0.29, 0.717) is 0 Å². The molecule has 1 amide bonds. The average molecular weight is 384 g/mol. The van der Waals surface area contributed by atoms with Gasteiger partial charge in [-0.3, -0.25) is 4.79 Å². The molecule has 0 N–H and O–H groups in total. The fourth-order valence-corrected chi connectivity index (χ4v) is 5.29. The van der Waals surface area contributed by atoms with Gasteiger partial charge < -0.3 is 4.90 Å². The van der Waals surface area contributed by atoms with Crippen molar-refractivity contribution in [3.05, 3.63) is 41.5 Å². The van der Waals surface area contributed by atoms with E-state index in [2.05, 4.69) is 46.5 Å². The topological polar surface area (TPSA) is 46.1 Å². The van der Waals surface area contributed by atoms with Gasteiger partial charge in [-0.25, -0.2) is 9.97 Å². The number of aryl methyl sites for hydroxylation is 1. The Morgan fingerprint density at radius 3 is 2.65 bits per heavy atom. The number of hydrogen-bond acceptors (Lipinski definition) is 5. The van der Waals surface area contributed by atoms with Gasteiger partial charge in [-0.15, -0.1) is 11.3 Å². The molecule has 26 heavy (non-hydrogen) atoms. The Morgan fingerprint density at radius 1 is 1.19 bits per heavy atom. The van der Waals surface area contributed by atoms with Crippen molar-refractivity contribution < 1.29 is 4.79 Å². The van der Waals surface area contributed by atoms with Crippen molar-refractivity contribution in [2.75, 3.05) is 13.1 Å². The predicted molar refractivity (Wildman–Crippen MR) is 109 cm³/mol. The summed E-state index contributed by atoms with van der Waals surface area (Å²) in [5, 5.41) is 3.96. The van der Waals surface area contributed by atoms with E-state index >= 15 is 0 Å². The first kappa shape index (κ1) is 17.5. The maximum Gasteiger partial charge on any atom is 0.235 e. The first-order valence-corrected chi connectivity index (χ1v) is 10.6. The maximum atomic E-state index is 12.7. The van der Waals surface area contributed by atoms with Gasteiger partial charge in [0.2, 0.25) is 5.91 Å². The Kier molecular flexibility index (Phi) is 4.96. The van der Waals surface area contributed by atoms with E-state index < -0.39 is 0 Å². The summed E-state index contributed by atoms with van der Waals surface area (Å²) in [4.78, 5) is 24.6. The SMILES string of the molecule is Cc1ccc(-c2csc3ncnc(S[C@@H](C)C(=O)N4CCCC4)c23)cc1. The number of likely N-dealkylation sites (tertiary alicyclic amines) is 1. The summed E-state index contributed by atoms with van der Waals surface area (Å²) >= 11 is 3.18. The number of carbonyl (C=O) groups is 1. The van der Waals surface area contributed by atoms with E-state index in [9.17, 15) is 4.79 Å². The van der Waals surface area contributed by atoms with Gasteiger partial charge in [-0.2, -0.15) is 0 Å². The Labute approximate surface area is 161 Å². The van der Waals surface area contributed by atoms with Gasteiger partial charge in [0.1, 0.15) is 16.2 Å². The van der Waals surface area contributed by atoms with Crippen LogP contribution >= 0.6 is 23.1 Å². The maximum absolute atomic E-state index is 12.7. The lowest BCUT2D eigenvalue weighted by Gasteiger charge is -2.19. The van der Waals surface area contributed by atoms with Gasteiger partial charge in [-0.1, -0.05) is 41.6 Å². The van der Waals surface area contributed by atoms with Crippen molar-refractivity contribution in [3.8, 4) is 11.1 Å². The number of aromatic nitrogens is 2. The Hall–Kier alpha value is -1.92. The molecule has 1 atom stereocenters. The molecule has 3 aromatic rings. The second-order valence-corrected chi connectivity index (χ2v) is 8.85. The average Bonchev–Trinajstić information content (AvgIpc) is 3.32. The highest BCUT2D eigenvalue weighted by Gasteiger charge is 2.25. The van der Waals surface area contributed by atoms with E-state index in [1.807, 2.05) is 11.8 Å². The molecular weight excluding hydrogens is 362 g/mol. The third kappa shape index (κ3) is 3.35. The third-order valence-corrected chi connectivity index (χ3v) is 6.73. The molecular formula is C20H21N3OS2. The minimum atomic E-state index is -0.142. The molecule has 2 aromatic heterocycles. The third-order valence-electron chi connectivity index (χ3n) is 4.75. The zero-order valence-electron chi connectivity index (χ0n) is 14.9. The van der Waals surface area contributed by atoms with Gasteiger partial charge in [0, 0.05) is 24.0 Å². The molecule has 1 aliphatic heterocycles. The van der Waals surface area contributed by atoms with Crippen LogP contribution in [0.5, 0.6) is 0 Å². The van der Waals surface area contributed by atoms with Crippen LogP contribution in [0, 0.1) is 6.92 Å². The number of hydrogen-bond donors (Lipinski definition) is 0. The smallest absolute Gasteiger partial charge is 0.235 e. The summed E-state index contributed by atoms with van der Waals surface area (Å²) < 4.78 is 0. The molecule has 0 bridgehead atoms. The van der Waals surface area contributed by atoms with Crippen LogP contribution in [0.3, 0.4) is 0 Å². The summed E-state index contributed by atoms with van der Waals surface area (Å²) in [6.07, 6.45) is 3.83. The Morgan fingerprint density at radius 2 is 1.92 bits per heavy atom. The van der Waals surface area contributed by atoms with Crippen LogP contribution in [0.15, 0.2) is 41.0 Å². The number of amides is 1. The number of rotatable bonds is 4.